The van der Waals surface area contributed by atoms with Gasteiger partial charge < -0.3 is 20.9 Å². The van der Waals surface area contributed by atoms with Crippen LogP contribution in [0, 0.1) is 0 Å². The summed E-state index contributed by atoms with van der Waals surface area (Å²) in [6, 6.07) is -0.456. The number of hydrogen-bond acceptors (Lipinski definition) is 4. The van der Waals surface area contributed by atoms with Gasteiger partial charge in [-0.05, 0) is 12.8 Å². The highest BCUT2D eigenvalue weighted by Crippen LogP contribution is 2.17. The van der Waals surface area contributed by atoms with Crippen LogP contribution in [0.3, 0.4) is 0 Å². The predicted octanol–water partition coefficient (Wildman–Crippen LogP) is -2.41. The topological polar surface area (TPSA) is 108 Å². The van der Waals surface area contributed by atoms with E-state index >= 15 is 0 Å². The molecule has 0 radical (unpaired) electrons. The van der Waals surface area contributed by atoms with Crippen molar-refractivity contribution in [2.45, 2.75) is 18.9 Å². The second kappa shape index (κ2) is 7.34. The Morgan fingerprint density at radius 1 is 1.32 bits per heavy atom. The van der Waals surface area contributed by atoms with Crippen LogP contribution < -0.4 is 16.0 Å². The number of nitrogens with one attached hydrogen (secondary N) is 3. The number of rotatable bonds is 6. The molecule has 0 spiro atoms. The lowest BCUT2D eigenvalue weighted by molar-refractivity contribution is -0.138. The summed E-state index contributed by atoms with van der Waals surface area (Å²) in [5.74, 6) is -0.943. The molecule has 1 saturated heterocycles. The second-order valence-corrected chi connectivity index (χ2v) is 4.13. The summed E-state index contributed by atoms with van der Waals surface area (Å²) in [4.78, 5) is 46.1. The van der Waals surface area contributed by atoms with Crippen LogP contribution >= 0.6 is 0 Å². The standard InChI is InChI=1S/C11H18N4O4/c1-12-11(19)8-3-2-4-15(8)10(18)6-14-9(17)5-13-7-16/h7-8H,2-6H2,1H3,(H,12,19)(H,13,16)(H,14,17). The summed E-state index contributed by atoms with van der Waals surface area (Å²) in [6.45, 7) is 0.169. The first kappa shape index (κ1) is 14.9. The molecule has 1 atom stereocenters. The Morgan fingerprint density at radius 3 is 2.68 bits per heavy atom. The van der Waals surface area contributed by atoms with Crippen molar-refractivity contribution >= 4 is 24.1 Å². The van der Waals surface area contributed by atoms with Crippen molar-refractivity contribution in [3.05, 3.63) is 0 Å². The molecule has 4 amide bonds. The van der Waals surface area contributed by atoms with Gasteiger partial charge in [-0.15, -0.1) is 0 Å². The SMILES string of the molecule is CNC(=O)C1CCCN1C(=O)CNC(=O)CNC=O. The third-order valence-electron chi connectivity index (χ3n) is 2.90. The highest BCUT2D eigenvalue weighted by Gasteiger charge is 2.33. The molecule has 0 aromatic rings. The van der Waals surface area contributed by atoms with E-state index < -0.39 is 11.9 Å². The van der Waals surface area contributed by atoms with Crippen molar-refractivity contribution in [2.75, 3.05) is 26.7 Å². The van der Waals surface area contributed by atoms with Gasteiger partial charge in [-0.3, -0.25) is 19.2 Å². The van der Waals surface area contributed by atoms with E-state index in [1.165, 1.54) is 11.9 Å². The van der Waals surface area contributed by atoms with Gasteiger partial charge >= 0.3 is 0 Å². The molecule has 1 aliphatic heterocycles. The monoisotopic (exact) mass is 270 g/mol. The van der Waals surface area contributed by atoms with Gasteiger partial charge in [0.25, 0.3) is 0 Å². The summed E-state index contributed by atoms with van der Waals surface area (Å²) >= 11 is 0. The molecule has 106 valence electrons. The van der Waals surface area contributed by atoms with Gasteiger partial charge in [-0.1, -0.05) is 0 Å². The van der Waals surface area contributed by atoms with Gasteiger partial charge in [0.05, 0.1) is 13.1 Å². The maximum absolute atomic E-state index is 11.9. The average molecular weight is 270 g/mol. The Morgan fingerprint density at radius 2 is 2.05 bits per heavy atom. The first-order chi connectivity index (χ1) is 9.10. The Kier molecular flexibility index (Phi) is 5.77. The average Bonchev–Trinajstić information content (AvgIpc) is 2.90. The van der Waals surface area contributed by atoms with Gasteiger partial charge in [0.2, 0.25) is 24.1 Å². The molecule has 0 aliphatic carbocycles. The second-order valence-electron chi connectivity index (χ2n) is 4.13. The molecule has 0 saturated carbocycles. The van der Waals surface area contributed by atoms with Crippen LogP contribution in [0.2, 0.25) is 0 Å². The van der Waals surface area contributed by atoms with E-state index in [2.05, 4.69) is 16.0 Å². The molecule has 1 fully saturated rings. The van der Waals surface area contributed by atoms with Crippen LogP contribution in [0.25, 0.3) is 0 Å². The van der Waals surface area contributed by atoms with E-state index in [0.29, 0.717) is 19.4 Å². The van der Waals surface area contributed by atoms with Gasteiger partial charge in [-0.25, -0.2) is 0 Å². The van der Waals surface area contributed by atoms with Crippen LogP contribution in [0.4, 0.5) is 0 Å². The van der Waals surface area contributed by atoms with Crippen molar-refractivity contribution in [1.82, 2.24) is 20.9 Å². The zero-order valence-electron chi connectivity index (χ0n) is 10.8. The van der Waals surface area contributed by atoms with E-state index in [4.69, 9.17) is 0 Å². The van der Waals surface area contributed by atoms with E-state index in [1.54, 1.807) is 0 Å². The van der Waals surface area contributed by atoms with E-state index in [-0.39, 0.29) is 24.9 Å². The normalized spacial score (nSPS) is 17.7. The first-order valence-electron chi connectivity index (χ1n) is 6.05. The Hall–Kier alpha value is -2.12. The molecule has 1 rings (SSSR count). The molecule has 8 nitrogen and oxygen atoms in total. The number of nitrogens with zero attached hydrogens (tertiary/aromatic N) is 1. The van der Waals surface area contributed by atoms with E-state index in [1.807, 2.05) is 0 Å². The smallest absolute Gasteiger partial charge is 0.242 e. The molecular formula is C11H18N4O4. The molecule has 1 unspecified atom stereocenters. The van der Waals surface area contributed by atoms with Crippen LogP contribution in [-0.2, 0) is 19.2 Å². The van der Waals surface area contributed by atoms with E-state index in [9.17, 15) is 19.2 Å². The van der Waals surface area contributed by atoms with Crippen LogP contribution in [-0.4, -0.2) is 61.8 Å². The zero-order valence-corrected chi connectivity index (χ0v) is 10.8. The number of likely N-dealkylation sites (tertiary alicyclic amines) is 1. The fourth-order valence-corrected chi connectivity index (χ4v) is 1.98. The van der Waals surface area contributed by atoms with Crippen LogP contribution in [0.1, 0.15) is 12.8 Å². The number of carbonyl (C=O) groups is 4. The molecule has 1 heterocycles. The maximum Gasteiger partial charge on any atom is 0.242 e. The van der Waals surface area contributed by atoms with Gasteiger partial charge in [-0.2, -0.15) is 0 Å². The summed E-state index contributed by atoms with van der Waals surface area (Å²) < 4.78 is 0. The van der Waals surface area contributed by atoms with Crippen molar-refractivity contribution in [3.63, 3.8) is 0 Å². The third kappa shape index (κ3) is 4.23. The molecule has 0 aromatic heterocycles. The largest absolute Gasteiger partial charge is 0.357 e. The van der Waals surface area contributed by atoms with Gasteiger partial charge in [0.1, 0.15) is 6.04 Å². The fourth-order valence-electron chi connectivity index (χ4n) is 1.98. The molecular weight excluding hydrogens is 252 g/mol. The Bertz CT molecular complexity index is 372. The Balaban J connectivity index is 2.42. The highest BCUT2D eigenvalue weighted by atomic mass is 16.2. The van der Waals surface area contributed by atoms with Crippen LogP contribution in [0.5, 0.6) is 0 Å². The summed E-state index contributed by atoms with van der Waals surface area (Å²) in [7, 11) is 1.52. The molecule has 19 heavy (non-hydrogen) atoms. The molecule has 0 aromatic carbocycles. The summed E-state index contributed by atoms with van der Waals surface area (Å²) in [5, 5.41) is 7.10. The van der Waals surface area contributed by atoms with Gasteiger partial charge in [0.15, 0.2) is 0 Å². The Labute approximate surface area is 110 Å². The number of hydrogen-bond donors (Lipinski definition) is 3. The summed E-state index contributed by atoms with van der Waals surface area (Å²) in [5.41, 5.74) is 0. The number of amides is 4. The zero-order chi connectivity index (χ0) is 14.3. The lowest BCUT2D eigenvalue weighted by Gasteiger charge is -2.23. The van der Waals surface area contributed by atoms with Crippen molar-refractivity contribution in [2.24, 2.45) is 0 Å². The predicted molar refractivity (Wildman–Crippen MR) is 65.9 cm³/mol. The highest BCUT2D eigenvalue weighted by molar-refractivity contribution is 5.91. The minimum atomic E-state index is -0.456. The quantitative estimate of drug-likeness (QED) is 0.467. The molecule has 3 N–H and O–H groups in total. The lowest BCUT2D eigenvalue weighted by Crippen LogP contribution is -2.49. The fraction of sp³-hybridized carbons (Fsp3) is 0.636. The maximum atomic E-state index is 11.9. The summed E-state index contributed by atoms with van der Waals surface area (Å²) in [6.07, 6.45) is 1.81. The molecule has 8 heteroatoms. The first-order valence-corrected chi connectivity index (χ1v) is 6.05. The van der Waals surface area contributed by atoms with Crippen molar-refractivity contribution < 1.29 is 19.2 Å². The third-order valence-corrected chi connectivity index (χ3v) is 2.90. The molecule has 1 aliphatic rings. The lowest BCUT2D eigenvalue weighted by atomic mass is 10.2. The minimum Gasteiger partial charge on any atom is -0.357 e. The van der Waals surface area contributed by atoms with Crippen molar-refractivity contribution in [1.29, 1.82) is 0 Å². The van der Waals surface area contributed by atoms with E-state index in [0.717, 1.165) is 6.42 Å². The number of likely N-dealkylation sites (N-methyl/N-ethyl adjacent to an activating group) is 1. The molecule has 0 bridgehead atoms. The van der Waals surface area contributed by atoms with Crippen LogP contribution in [0.15, 0.2) is 0 Å². The van der Waals surface area contributed by atoms with Crippen molar-refractivity contribution in [3.8, 4) is 0 Å². The minimum absolute atomic E-state index is 0.171. The number of carbonyl (C=O) groups excluding carboxylic acids is 4. The van der Waals surface area contributed by atoms with Gasteiger partial charge in [0, 0.05) is 13.6 Å².